The zero-order chi connectivity index (χ0) is 16.7. The second-order valence-electron chi connectivity index (χ2n) is 7.12. The maximum Gasteiger partial charge on any atom is 0.331 e. The molecule has 21 heavy (non-hydrogen) atoms. The number of esters is 1. The Labute approximate surface area is 129 Å². The zero-order valence-electron chi connectivity index (χ0n) is 14.2. The number of carbonyl (C=O) groups is 2. The summed E-state index contributed by atoms with van der Waals surface area (Å²) in [6.07, 6.45) is 5.02. The molecule has 2 atom stereocenters. The Morgan fingerprint density at radius 1 is 1.29 bits per heavy atom. The minimum Gasteiger partial charge on any atom is -0.478 e. The average molecular weight is 314 g/mol. The van der Waals surface area contributed by atoms with E-state index in [0.717, 1.165) is 31.4 Å². The number of unbranched alkanes of at least 4 members (excludes halogenated alkanes) is 1. The molecule has 0 bridgehead atoms. The fraction of sp³-hybridized carbons (Fsp3) is 0.750. The molecule has 0 aromatic rings. The third-order valence-electron chi connectivity index (χ3n) is 4.35. The summed E-state index contributed by atoms with van der Waals surface area (Å²) in [5, 5.41) is 8.51. The van der Waals surface area contributed by atoms with Crippen LogP contribution in [0.25, 0.3) is 0 Å². The standard InChI is InChI=1S/C16H30O4Si/c1-7-8-11-16(3,13(2)21(4,5)6)12-20-15(19)10-9-14(17)18/h9-10,13H,7-8,11-12H2,1-6H3,(H,17,18)/b10-9+. The molecule has 0 aromatic carbocycles. The van der Waals surface area contributed by atoms with E-state index in [0.29, 0.717) is 12.1 Å². The van der Waals surface area contributed by atoms with Crippen LogP contribution in [0, 0.1) is 5.41 Å². The first-order valence-electron chi connectivity index (χ1n) is 7.60. The molecule has 5 heteroatoms. The Kier molecular flexibility index (Phi) is 7.93. The first-order chi connectivity index (χ1) is 9.53. The van der Waals surface area contributed by atoms with Gasteiger partial charge < -0.3 is 9.84 Å². The molecule has 0 aliphatic heterocycles. The number of ether oxygens (including phenoxy) is 1. The summed E-state index contributed by atoms with van der Waals surface area (Å²) < 4.78 is 5.30. The topological polar surface area (TPSA) is 63.6 Å². The molecule has 0 aromatic heterocycles. The molecule has 0 saturated carbocycles. The van der Waals surface area contributed by atoms with Crippen LogP contribution in [0.3, 0.4) is 0 Å². The van der Waals surface area contributed by atoms with E-state index in [1.54, 1.807) is 0 Å². The summed E-state index contributed by atoms with van der Waals surface area (Å²) in [6.45, 7) is 13.9. The third kappa shape index (κ3) is 7.46. The molecule has 0 heterocycles. The van der Waals surface area contributed by atoms with Crippen molar-refractivity contribution in [1.29, 1.82) is 0 Å². The van der Waals surface area contributed by atoms with Crippen molar-refractivity contribution in [2.24, 2.45) is 5.41 Å². The van der Waals surface area contributed by atoms with Crippen LogP contribution in [-0.2, 0) is 14.3 Å². The van der Waals surface area contributed by atoms with Crippen LogP contribution >= 0.6 is 0 Å². The first kappa shape index (κ1) is 19.9. The number of carboxylic acid groups (broad SMARTS) is 1. The minimum atomic E-state index is -1.36. The van der Waals surface area contributed by atoms with E-state index < -0.39 is 20.0 Å². The lowest BCUT2D eigenvalue weighted by atomic mass is 9.82. The average Bonchev–Trinajstić information content (AvgIpc) is 2.38. The number of carboxylic acids is 1. The second kappa shape index (κ2) is 8.37. The zero-order valence-corrected chi connectivity index (χ0v) is 15.2. The number of aliphatic carboxylic acids is 1. The molecule has 2 unspecified atom stereocenters. The van der Waals surface area contributed by atoms with E-state index in [2.05, 4.69) is 40.4 Å². The van der Waals surface area contributed by atoms with Gasteiger partial charge in [-0.25, -0.2) is 9.59 Å². The molecular weight excluding hydrogens is 284 g/mol. The number of hydrogen-bond acceptors (Lipinski definition) is 3. The maximum atomic E-state index is 11.6. The normalized spacial score (nSPS) is 16.5. The van der Waals surface area contributed by atoms with Gasteiger partial charge in [-0.05, 0) is 12.0 Å². The Bertz CT molecular complexity index is 384. The lowest BCUT2D eigenvalue weighted by Crippen LogP contribution is -2.41. The Balaban J connectivity index is 4.84. The van der Waals surface area contributed by atoms with Gasteiger partial charge in [0, 0.05) is 25.6 Å². The fourth-order valence-electron chi connectivity index (χ4n) is 2.46. The smallest absolute Gasteiger partial charge is 0.331 e. The van der Waals surface area contributed by atoms with E-state index in [1.165, 1.54) is 0 Å². The van der Waals surface area contributed by atoms with Crippen LogP contribution in [0.1, 0.15) is 40.0 Å². The predicted octanol–water partition coefficient (Wildman–Crippen LogP) is 4.10. The second-order valence-corrected chi connectivity index (χ2v) is 12.7. The van der Waals surface area contributed by atoms with Gasteiger partial charge in [0.2, 0.25) is 0 Å². The monoisotopic (exact) mass is 314 g/mol. The number of hydrogen-bond donors (Lipinski definition) is 1. The van der Waals surface area contributed by atoms with E-state index in [4.69, 9.17) is 9.84 Å². The van der Waals surface area contributed by atoms with Crippen molar-refractivity contribution in [3.8, 4) is 0 Å². The van der Waals surface area contributed by atoms with Crippen LogP contribution in [0.5, 0.6) is 0 Å². The van der Waals surface area contributed by atoms with Gasteiger partial charge in [-0.2, -0.15) is 0 Å². The molecular formula is C16H30O4Si. The summed E-state index contributed by atoms with van der Waals surface area (Å²) in [5.41, 5.74) is 0.459. The summed E-state index contributed by atoms with van der Waals surface area (Å²) in [6, 6.07) is 0. The Morgan fingerprint density at radius 3 is 2.29 bits per heavy atom. The van der Waals surface area contributed by atoms with Crippen LogP contribution in [0.2, 0.25) is 25.2 Å². The van der Waals surface area contributed by atoms with Gasteiger partial charge >= 0.3 is 11.9 Å². The van der Waals surface area contributed by atoms with Crippen molar-refractivity contribution in [1.82, 2.24) is 0 Å². The summed E-state index contributed by atoms with van der Waals surface area (Å²) >= 11 is 0. The van der Waals surface area contributed by atoms with Crippen molar-refractivity contribution in [2.75, 3.05) is 6.61 Å². The Morgan fingerprint density at radius 2 is 1.86 bits per heavy atom. The summed E-state index contributed by atoms with van der Waals surface area (Å²) in [7, 11) is -1.36. The van der Waals surface area contributed by atoms with Gasteiger partial charge in [-0.15, -0.1) is 0 Å². The molecule has 0 saturated heterocycles. The maximum absolute atomic E-state index is 11.6. The highest BCUT2D eigenvalue weighted by Gasteiger charge is 2.39. The highest BCUT2D eigenvalue weighted by atomic mass is 28.3. The molecule has 0 radical (unpaired) electrons. The number of carbonyl (C=O) groups excluding carboxylic acids is 1. The van der Waals surface area contributed by atoms with Gasteiger partial charge in [-0.1, -0.05) is 53.3 Å². The van der Waals surface area contributed by atoms with Crippen molar-refractivity contribution < 1.29 is 19.4 Å². The van der Waals surface area contributed by atoms with Crippen LogP contribution in [0.15, 0.2) is 12.2 Å². The lowest BCUT2D eigenvalue weighted by Gasteiger charge is -2.41. The van der Waals surface area contributed by atoms with Gasteiger partial charge in [0.1, 0.15) is 0 Å². The van der Waals surface area contributed by atoms with Gasteiger partial charge in [0.05, 0.1) is 6.61 Å². The van der Waals surface area contributed by atoms with Crippen molar-refractivity contribution in [3.63, 3.8) is 0 Å². The molecule has 0 fully saturated rings. The van der Waals surface area contributed by atoms with Crippen molar-refractivity contribution >= 4 is 20.0 Å². The molecule has 4 nitrogen and oxygen atoms in total. The molecule has 0 spiro atoms. The van der Waals surface area contributed by atoms with E-state index in [1.807, 2.05) is 0 Å². The largest absolute Gasteiger partial charge is 0.478 e. The van der Waals surface area contributed by atoms with Crippen LogP contribution < -0.4 is 0 Å². The molecule has 0 rings (SSSR count). The van der Waals surface area contributed by atoms with Crippen molar-refractivity contribution in [3.05, 3.63) is 12.2 Å². The van der Waals surface area contributed by atoms with Gasteiger partial charge in [0.15, 0.2) is 0 Å². The Hall–Kier alpha value is -1.10. The van der Waals surface area contributed by atoms with Crippen LogP contribution in [0.4, 0.5) is 0 Å². The molecule has 122 valence electrons. The SMILES string of the molecule is CCCCC(C)(COC(=O)/C=C/C(=O)O)C(C)[Si](C)(C)C. The van der Waals surface area contributed by atoms with E-state index in [-0.39, 0.29) is 5.41 Å². The number of rotatable bonds is 9. The minimum absolute atomic E-state index is 0.0484. The molecule has 0 amide bonds. The summed E-state index contributed by atoms with van der Waals surface area (Å²) in [4.78, 5) is 22.0. The fourth-order valence-corrected chi connectivity index (χ4v) is 4.78. The quantitative estimate of drug-likeness (QED) is 0.395. The van der Waals surface area contributed by atoms with E-state index >= 15 is 0 Å². The predicted molar refractivity (Wildman–Crippen MR) is 88.1 cm³/mol. The third-order valence-corrected chi connectivity index (χ3v) is 7.65. The van der Waals surface area contributed by atoms with Crippen molar-refractivity contribution in [2.45, 2.75) is 65.2 Å². The highest BCUT2D eigenvalue weighted by molar-refractivity contribution is 6.77. The van der Waals surface area contributed by atoms with Gasteiger partial charge in [-0.3, -0.25) is 0 Å². The first-order valence-corrected chi connectivity index (χ1v) is 11.2. The molecule has 0 aliphatic rings. The molecule has 0 aliphatic carbocycles. The highest BCUT2D eigenvalue weighted by Crippen LogP contribution is 2.43. The van der Waals surface area contributed by atoms with Gasteiger partial charge in [0.25, 0.3) is 0 Å². The van der Waals surface area contributed by atoms with Crippen LogP contribution in [-0.4, -0.2) is 31.7 Å². The lowest BCUT2D eigenvalue weighted by molar-refractivity contribution is -0.142. The molecule has 1 N–H and O–H groups in total. The van der Waals surface area contributed by atoms with E-state index in [9.17, 15) is 9.59 Å². The summed E-state index contributed by atoms with van der Waals surface area (Å²) in [5.74, 6) is -1.72.